The Kier molecular flexibility index (Phi) is 5.28. The molecule has 1 N–H and O–H groups in total. The first kappa shape index (κ1) is 16.3. The fourth-order valence-corrected chi connectivity index (χ4v) is 2.61. The molecule has 6 heteroatoms. The van der Waals surface area contributed by atoms with Gasteiger partial charge in [-0.25, -0.2) is 4.98 Å². The number of nitrogens with one attached hydrogen (secondary N) is 1. The second-order valence-electron chi connectivity index (χ2n) is 5.51. The van der Waals surface area contributed by atoms with Crippen molar-refractivity contribution in [3.05, 3.63) is 53.7 Å². The Morgan fingerprint density at radius 3 is 2.75 bits per heavy atom. The van der Waals surface area contributed by atoms with Gasteiger partial charge in [0.1, 0.15) is 11.6 Å². The number of rotatable bonds is 5. The van der Waals surface area contributed by atoms with Crippen LogP contribution in [0.4, 0.5) is 5.82 Å². The van der Waals surface area contributed by atoms with Crippen LogP contribution in [0.5, 0.6) is 5.75 Å². The smallest absolute Gasteiger partial charge is 0.255 e. The van der Waals surface area contributed by atoms with E-state index in [9.17, 15) is 4.79 Å². The predicted octanol–water partition coefficient (Wildman–Crippen LogP) is 1.86. The van der Waals surface area contributed by atoms with Gasteiger partial charge in [-0.2, -0.15) is 0 Å². The average Bonchev–Trinajstić information content (AvgIpc) is 2.67. The maximum Gasteiger partial charge on any atom is 0.255 e. The third-order valence-corrected chi connectivity index (χ3v) is 3.95. The van der Waals surface area contributed by atoms with Gasteiger partial charge in [0, 0.05) is 25.8 Å². The molecule has 1 amide bonds. The number of nitrogens with zero attached hydrogens (tertiary/aromatic N) is 2. The number of methoxy groups -OCH3 is 1. The molecule has 0 bridgehead atoms. The molecule has 1 aromatic carbocycles. The maximum absolute atomic E-state index is 12.3. The molecule has 2 heterocycles. The normalized spacial score (nSPS) is 14.3. The van der Waals surface area contributed by atoms with Crippen molar-refractivity contribution in [2.45, 2.75) is 6.54 Å². The molecule has 0 saturated carbocycles. The van der Waals surface area contributed by atoms with E-state index in [1.165, 1.54) is 0 Å². The van der Waals surface area contributed by atoms with Gasteiger partial charge in [0.2, 0.25) is 0 Å². The third-order valence-electron chi connectivity index (χ3n) is 3.95. The highest BCUT2D eigenvalue weighted by molar-refractivity contribution is 5.96. The molecule has 1 aliphatic rings. The van der Waals surface area contributed by atoms with Crippen LogP contribution in [-0.2, 0) is 11.3 Å². The van der Waals surface area contributed by atoms with Crippen LogP contribution in [0.25, 0.3) is 0 Å². The summed E-state index contributed by atoms with van der Waals surface area (Å²) in [6.07, 6.45) is 1.80. The minimum Gasteiger partial charge on any atom is -0.496 e. The molecule has 1 aliphatic heterocycles. The van der Waals surface area contributed by atoms with Gasteiger partial charge >= 0.3 is 0 Å². The van der Waals surface area contributed by atoms with Crippen molar-refractivity contribution in [3.63, 3.8) is 0 Å². The van der Waals surface area contributed by atoms with Crippen LogP contribution in [0.2, 0.25) is 0 Å². The number of amides is 1. The molecule has 0 unspecified atom stereocenters. The van der Waals surface area contributed by atoms with Crippen molar-refractivity contribution in [2.75, 3.05) is 38.3 Å². The van der Waals surface area contributed by atoms with Crippen LogP contribution >= 0.6 is 0 Å². The monoisotopic (exact) mass is 327 g/mol. The molecule has 1 saturated heterocycles. The lowest BCUT2D eigenvalue weighted by atomic mass is 10.2. The van der Waals surface area contributed by atoms with Crippen LogP contribution in [0.3, 0.4) is 0 Å². The molecule has 0 atom stereocenters. The fraction of sp³-hybridized carbons (Fsp3) is 0.333. The van der Waals surface area contributed by atoms with Crippen LogP contribution in [0.15, 0.2) is 42.6 Å². The summed E-state index contributed by atoms with van der Waals surface area (Å²) >= 11 is 0. The Labute approximate surface area is 141 Å². The van der Waals surface area contributed by atoms with E-state index >= 15 is 0 Å². The largest absolute Gasteiger partial charge is 0.496 e. The van der Waals surface area contributed by atoms with Crippen molar-refractivity contribution in [1.82, 2.24) is 10.3 Å². The topological polar surface area (TPSA) is 63.7 Å². The van der Waals surface area contributed by atoms with E-state index in [4.69, 9.17) is 9.47 Å². The number of hydrogen-bond acceptors (Lipinski definition) is 5. The van der Waals surface area contributed by atoms with Crippen molar-refractivity contribution >= 4 is 11.7 Å². The van der Waals surface area contributed by atoms with Crippen molar-refractivity contribution in [2.24, 2.45) is 0 Å². The van der Waals surface area contributed by atoms with Gasteiger partial charge in [-0.05, 0) is 23.8 Å². The lowest BCUT2D eigenvalue weighted by molar-refractivity contribution is 0.0948. The lowest BCUT2D eigenvalue weighted by Crippen LogP contribution is -2.36. The van der Waals surface area contributed by atoms with E-state index < -0.39 is 0 Å². The molecule has 126 valence electrons. The summed E-state index contributed by atoms with van der Waals surface area (Å²) in [5.74, 6) is 1.35. The van der Waals surface area contributed by atoms with Crippen molar-refractivity contribution in [3.8, 4) is 5.75 Å². The van der Waals surface area contributed by atoms with Crippen LogP contribution in [0, 0.1) is 0 Å². The molecular weight excluding hydrogens is 306 g/mol. The van der Waals surface area contributed by atoms with Gasteiger partial charge in [0.15, 0.2) is 0 Å². The summed E-state index contributed by atoms with van der Waals surface area (Å²) in [5.41, 5.74) is 1.48. The number of pyridine rings is 1. The van der Waals surface area contributed by atoms with Gasteiger partial charge < -0.3 is 19.7 Å². The van der Waals surface area contributed by atoms with Crippen LogP contribution < -0.4 is 15.0 Å². The Hall–Kier alpha value is -2.60. The molecule has 0 aliphatic carbocycles. The first-order valence-electron chi connectivity index (χ1n) is 7.97. The zero-order chi connectivity index (χ0) is 16.8. The van der Waals surface area contributed by atoms with E-state index in [0.29, 0.717) is 17.9 Å². The first-order chi connectivity index (χ1) is 11.8. The van der Waals surface area contributed by atoms with Gasteiger partial charge in [0.05, 0.1) is 25.9 Å². The summed E-state index contributed by atoms with van der Waals surface area (Å²) in [6, 6.07) is 11.1. The number of carbonyl (C=O) groups is 1. The van der Waals surface area contributed by atoms with Gasteiger partial charge in [0.25, 0.3) is 5.91 Å². The first-order valence-corrected chi connectivity index (χ1v) is 7.97. The second-order valence-corrected chi connectivity index (χ2v) is 5.51. The van der Waals surface area contributed by atoms with Gasteiger partial charge in [-0.15, -0.1) is 0 Å². The highest BCUT2D eigenvalue weighted by Gasteiger charge is 2.13. The van der Waals surface area contributed by atoms with E-state index in [0.717, 1.165) is 37.7 Å². The number of hydrogen-bond donors (Lipinski definition) is 1. The molecule has 0 spiro atoms. The number of ether oxygens (including phenoxy) is 2. The molecule has 24 heavy (non-hydrogen) atoms. The number of anilines is 1. The Morgan fingerprint density at radius 2 is 2.04 bits per heavy atom. The summed E-state index contributed by atoms with van der Waals surface area (Å²) in [7, 11) is 1.56. The zero-order valence-electron chi connectivity index (χ0n) is 13.7. The summed E-state index contributed by atoms with van der Waals surface area (Å²) < 4.78 is 10.6. The minimum absolute atomic E-state index is 0.162. The van der Waals surface area contributed by atoms with E-state index in [1.807, 2.05) is 24.3 Å². The van der Waals surface area contributed by atoms with Crippen molar-refractivity contribution < 1.29 is 14.3 Å². The molecule has 3 rings (SSSR count). The summed E-state index contributed by atoms with van der Waals surface area (Å²) in [6.45, 7) is 3.61. The number of morpholine rings is 1. The zero-order valence-corrected chi connectivity index (χ0v) is 13.7. The van der Waals surface area contributed by atoms with Gasteiger partial charge in [-0.1, -0.05) is 18.2 Å². The van der Waals surface area contributed by atoms with Crippen molar-refractivity contribution in [1.29, 1.82) is 0 Å². The second kappa shape index (κ2) is 7.79. The Balaban J connectivity index is 1.59. The SMILES string of the molecule is COc1ccccc1C(=O)NCc1ccc(N2CCOCC2)nc1. The fourth-order valence-electron chi connectivity index (χ4n) is 2.61. The highest BCUT2D eigenvalue weighted by Crippen LogP contribution is 2.17. The Bertz CT molecular complexity index is 682. The molecule has 0 radical (unpaired) electrons. The van der Waals surface area contributed by atoms with E-state index in [1.54, 1.807) is 25.4 Å². The standard InChI is InChI=1S/C18H21N3O3/c1-23-16-5-3-2-4-15(16)18(22)20-13-14-6-7-17(19-12-14)21-8-10-24-11-9-21/h2-7,12H,8-11,13H2,1H3,(H,20,22). The molecule has 1 fully saturated rings. The number of carbonyl (C=O) groups excluding carboxylic acids is 1. The third kappa shape index (κ3) is 3.83. The lowest BCUT2D eigenvalue weighted by Gasteiger charge is -2.27. The number of aromatic nitrogens is 1. The minimum atomic E-state index is -0.162. The average molecular weight is 327 g/mol. The molecular formula is C18H21N3O3. The van der Waals surface area contributed by atoms with Crippen LogP contribution in [-0.4, -0.2) is 44.3 Å². The summed E-state index contributed by atoms with van der Waals surface area (Å²) in [5, 5.41) is 2.90. The predicted molar refractivity (Wildman–Crippen MR) is 91.4 cm³/mol. The van der Waals surface area contributed by atoms with E-state index in [-0.39, 0.29) is 5.91 Å². The maximum atomic E-state index is 12.3. The molecule has 2 aromatic rings. The van der Waals surface area contributed by atoms with Gasteiger partial charge in [-0.3, -0.25) is 4.79 Å². The Morgan fingerprint density at radius 1 is 1.25 bits per heavy atom. The quantitative estimate of drug-likeness (QED) is 0.908. The molecule has 6 nitrogen and oxygen atoms in total. The van der Waals surface area contributed by atoms with Crippen LogP contribution in [0.1, 0.15) is 15.9 Å². The highest BCUT2D eigenvalue weighted by atomic mass is 16.5. The summed E-state index contributed by atoms with van der Waals surface area (Å²) in [4.78, 5) is 19.0. The number of benzene rings is 1. The van der Waals surface area contributed by atoms with E-state index in [2.05, 4.69) is 15.2 Å². The molecule has 1 aromatic heterocycles. The number of para-hydroxylation sites is 1.